The molecule has 0 aliphatic rings. The Bertz CT molecular complexity index is 589. The van der Waals surface area contributed by atoms with Crippen molar-refractivity contribution in [3.8, 4) is 11.4 Å². The topological polar surface area (TPSA) is 49.7 Å². The molecule has 0 saturated heterocycles. The van der Waals surface area contributed by atoms with Crippen molar-refractivity contribution in [2.75, 3.05) is 13.6 Å². The van der Waals surface area contributed by atoms with Gasteiger partial charge in [0, 0.05) is 37.1 Å². The van der Waals surface area contributed by atoms with Crippen LogP contribution in [0, 0.1) is 4.77 Å². The monoisotopic (exact) mass is 291 g/mol. The van der Waals surface area contributed by atoms with Gasteiger partial charge in [-0.15, -0.1) is 0 Å². The zero-order chi connectivity index (χ0) is 14.5. The van der Waals surface area contributed by atoms with Gasteiger partial charge in [-0.05, 0) is 44.7 Å². The summed E-state index contributed by atoms with van der Waals surface area (Å²) >= 11 is 5.33. The lowest BCUT2D eigenvalue weighted by atomic mass is 10.2. The van der Waals surface area contributed by atoms with Crippen molar-refractivity contribution >= 4 is 12.2 Å². The smallest absolute Gasteiger partial charge is 0.195 e. The van der Waals surface area contributed by atoms with Crippen molar-refractivity contribution in [1.29, 1.82) is 0 Å². The molecular weight excluding hydrogens is 270 g/mol. The molecule has 1 unspecified atom stereocenters. The van der Waals surface area contributed by atoms with Crippen molar-refractivity contribution < 1.29 is 0 Å². The first-order valence-corrected chi connectivity index (χ1v) is 7.30. The summed E-state index contributed by atoms with van der Waals surface area (Å²) in [7, 11) is 2.14. The van der Waals surface area contributed by atoms with E-state index in [1.54, 1.807) is 12.4 Å². The van der Waals surface area contributed by atoms with Crippen LogP contribution in [0.25, 0.3) is 11.4 Å². The molecule has 0 fully saturated rings. The Labute approximate surface area is 124 Å². The summed E-state index contributed by atoms with van der Waals surface area (Å²) in [4.78, 5) is 6.37. The zero-order valence-electron chi connectivity index (χ0n) is 12.2. The van der Waals surface area contributed by atoms with Crippen LogP contribution in [0.3, 0.4) is 0 Å². The van der Waals surface area contributed by atoms with Crippen LogP contribution in [-0.2, 0) is 6.54 Å². The molecule has 0 bridgehead atoms. The molecule has 1 atom stereocenters. The van der Waals surface area contributed by atoms with Crippen molar-refractivity contribution in [3.63, 3.8) is 0 Å². The predicted molar refractivity (Wildman–Crippen MR) is 83.0 cm³/mol. The van der Waals surface area contributed by atoms with E-state index >= 15 is 0 Å². The number of aromatic amines is 1. The third-order valence-corrected chi connectivity index (χ3v) is 4.03. The number of aromatic nitrogens is 4. The van der Waals surface area contributed by atoms with Gasteiger partial charge in [0.15, 0.2) is 10.6 Å². The number of nitrogens with one attached hydrogen (secondary N) is 1. The Balaban J connectivity index is 2.17. The maximum absolute atomic E-state index is 5.33. The van der Waals surface area contributed by atoms with Crippen LogP contribution in [0.2, 0.25) is 0 Å². The molecule has 6 heteroatoms. The molecule has 2 aromatic rings. The van der Waals surface area contributed by atoms with Crippen LogP contribution in [-0.4, -0.2) is 44.3 Å². The fraction of sp³-hybridized carbons (Fsp3) is 0.500. The fourth-order valence-corrected chi connectivity index (χ4v) is 2.26. The van der Waals surface area contributed by atoms with Crippen molar-refractivity contribution in [1.82, 2.24) is 24.6 Å². The highest BCUT2D eigenvalue weighted by Crippen LogP contribution is 2.16. The number of nitrogens with zero attached hydrogens (tertiary/aromatic N) is 4. The molecular formula is C14H21N5S. The number of pyridine rings is 1. The van der Waals surface area contributed by atoms with E-state index in [9.17, 15) is 0 Å². The highest BCUT2D eigenvalue weighted by Gasteiger charge is 2.11. The van der Waals surface area contributed by atoms with E-state index in [0.29, 0.717) is 10.8 Å². The number of H-pyrrole nitrogens is 1. The van der Waals surface area contributed by atoms with Gasteiger partial charge in [0.25, 0.3) is 0 Å². The molecule has 5 nitrogen and oxygen atoms in total. The van der Waals surface area contributed by atoms with E-state index < -0.39 is 0 Å². The first-order valence-electron chi connectivity index (χ1n) is 6.89. The summed E-state index contributed by atoms with van der Waals surface area (Å²) in [5, 5.41) is 7.21. The van der Waals surface area contributed by atoms with E-state index in [0.717, 1.165) is 30.9 Å². The predicted octanol–water partition coefficient (Wildman–Crippen LogP) is 2.73. The molecule has 20 heavy (non-hydrogen) atoms. The highest BCUT2D eigenvalue weighted by atomic mass is 32.1. The average molecular weight is 291 g/mol. The Kier molecular flexibility index (Phi) is 5.03. The van der Waals surface area contributed by atoms with Crippen LogP contribution in [0.1, 0.15) is 20.3 Å². The van der Waals surface area contributed by atoms with Crippen LogP contribution in [0.15, 0.2) is 24.5 Å². The van der Waals surface area contributed by atoms with Crippen LogP contribution in [0.4, 0.5) is 0 Å². The second kappa shape index (κ2) is 6.76. The third-order valence-electron chi connectivity index (χ3n) is 3.72. The molecule has 1 N–H and O–H groups in total. The highest BCUT2D eigenvalue weighted by molar-refractivity contribution is 7.71. The zero-order valence-corrected chi connectivity index (χ0v) is 13.0. The van der Waals surface area contributed by atoms with E-state index in [1.165, 1.54) is 0 Å². The number of likely N-dealkylation sites (N-methyl/N-ethyl adjacent to an activating group) is 1. The first-order chi connectivity index (χ1) is 9.63. The van der Waals surface area contributed by atoms with Gasteiger partial charge >= 0.3 is 0 Å². The largest absolute Gasteiger partial charge is 0.302 e. The molecule has 0 aliphatic carbocycles. The minimum absolute atomic E-state index is 0.570. The molecule has 0 aliphatic heterocycles. The van der Waals surface area contributed by atoms with Gasteiger partial charge in [0.1, 0.15) is 0 Å². The Hall–Kier alpha value is -1.53. The van der Waals surface area contributed by atoms with Crippen molar-refractivity contribution in [2.24, 2.45) is 0 Å². The lowest BCUT2D eigenvalue weighted by molar-refractivity contribution is 0.242. The molecule has 108 valence electrons. The summed E-state index contributed by atoms with van der Waals surface area (Å²) in [6.45, 7) is 6.21. The molecule has 0 radical (unpaired) electrons. The average Bonchev–Trinajstić information content (AvgIpc) is 2.85. The molecule has 2 aromatic heterocycles. The Morgan fingerprint density at radius 2 is 2.10 bits per heavy atom. The van der Waals surface area contributed by atoms with Gasteiger partial charge in [-0.2, -0.15) is 5.10 Å². The second-order valence-corrected chi connectivity index (χ2v) is 5.36. The fourth-order valence-electron chi connectivity index (χ4n) is 2.04. The van der Waals surface area contributed by atoms with Crippen molar-refractivity contribution in [3.05, 3.63) is 29.3 Å². The van der Waals surface area contributed by atoms with Gasteiger partial charge in [-0.25, -0.2) is 0 Å². The molecule has 0 aromatic carbocycles. The standard InChI is InChI=1S/C14H21N5S/c1-4-11(2)18(3)9-10-19-13(16-17-14(19)20)12-5-7-15-8-6-12/h5-8,11H,4,9-10H2,1-3H3,(H,17,20). The molecule has 0 saturated carbocycles. The van der Waals surface area contributed by atoms with E-state index in [-0.39, 0.29) is 0 Å². The van der Waals surface area contributed by atoms with Crippen molar-refractivity contribution in [2.45, 2.75) is 32.9 Å². The van der Waals surface area contributed by atoms with Gasteiger partial charge < -0.3 is 4.90 Å². The summed E-state index contributed by atoms with van der Waals surface area (Å²) in [5.74, 6) is 0.870. The van der Waals surface area contributed by atoms with E-state index in [1.807, 2.05) is 16.7 Å². The first kappa shape index (κ1) is 14.9. The lowest BCUT2D eigenvalue weighted by Crippen LogP contribution is -2.31. The van der Waals surface area contributed by atoms with Gasteiger partial charge in [0.2, 0.25) is 0 Å². The van der Waals surface area contributed by atoms with E-state index in [4.69, 9.17) is 12.2 Å². The quantitative estimate of drug-likeness (QED) is 0.831. The van der Waals surface area contributed by atoms with Crippen LogP contribution < -0.4 is 0 Å². The molecule has 2 heterocycles. The Morgan fingerprint density at radius 3 is 2.75 bits per heavy atom. The maximum Gasteiger partial charge on any atom is 0.195 e. The van der Waals surface area contributed by atoms with Crippen LogP contribution >= 0.6 is 12.2 Å². The van der Waals surface area contributed by atoms with E-state index in [2.05, 4.69) is 41.0 Å². The van der Waals surface area contributed by atoms with Crippen LogP contribution in [0.5, 0.6) is 0 Å². The number of hydrogen-bond donors (Lipinski definition) is 1. The van der Waals surface area contributed by atoms with Gasteiger partial charge in [-0.1, -0.05) is 6.92 Å². The summed E-state index contributed by atoms with van der Waals surface area (Å²) in [5.41, 5.74) is 1.03. The SMILES string of the molecule is CCC(C)N(C)CCn1c(-c2ccncc2)n[nH]c1=S. The second-order valence-electron chi connectivity index (χ2n) is 4.98. The number of hydrogen-bond acceptors (Lipinski definition) is 4. The maximum atomic E-state index is 5.33. The molecule has 2 rings (SSSR count). The molecule has 0 spiro atoms. The number of rotatable bonds is 6. The minimum atomic E-state index is 0.570. The Morgan fingerprint density at radius 1 is 1.40 bits per heavy atom. The van der Waals surface area contributed by atoms with Gasteiger partial charge in [0.05, 0.1) is 0 Å². The summed E-state index contributed by atoms with van der Waals surface area (Å²) < 4.78 is 2.71. The lowest BCUT2D eigenvalue weighted by Gasteiger charge is -2.23. The third kappa shape index (κ3) is 3.32. The normalized spacial score (nSPS) is 12.8. The summed E-state index contributed by atoms with van der Waals surface area (Å²) in [6.07, 6.45) is 4.68. The summed E-state index contributed by atoms with van der Waals surface area (Å²) in [6, 6.07) is 4.46. The molecule has 0 amide bonds. The van der Waals surface area contributed by atoms with Gasteiger partial charge in [-0.3, -0.25) is 14.6 Å². The minimum Gasteiger partial charge on any atom is -0.302 e.